The van der Waals surface area contributed by atoms with Gasteiger partial charge in [0.2, 0.25) is 0 Å². The van der Waals surface area contributed by atoms with Crippen LogP contribution in [0.1, 0.15) is 17.5 Å². The number of aromatic hydroxyl groups is 4. The Morgan fingerprint density at radius 3 is 1.64 bits per heavy atom. The molecule has 0 atom stereocenters. The topological polar surface area (TPSA) is 124 Å². The number of ether oxygens (including phenoxy) is 1. The van der Waals surface area contributed by atoms with E-state index in [0.29, 0.717) is 11.1 Å². The number of hydrogen-bond donors (Lipinski definition) is 4. The average Bonchev–Trinajstić information content (AvgIpc) is 2.80. The predicted octanol–water partition coefficient (Wildman–Crippen LogP) is 1.75. The largest absolute Gasteiger partial charge is 0.504 e. The molecule has 1 aliphatic heterocycles. The standard InChI is InChI=1S/C18H16O7/c19-12-3-1-10(5-14(12)21)7-18(9-16(23)25-17(18)24)8-11-2-4-13(20)15(22)6-11/h1-6,19-22H,7-9H2. The van der Waals surface area contributed by atoms with E-state index in [-0.39, 0.29) is 42.3 Å². The Kier molecular flexibility index (Phi) is 4.00. The Hall–Kier alpha value is -3.22. The maximum atomic E-state index is 12.4. The molecule has 1 aliphatic rings. The predicted molar refractivity (Wildman–Crippen MR) is 85.1 cm³/mol. The highest BCUT2D eigenvalue weighted by atomic mass is 16.6. The second kappa shape index (κ2) is 6.01. The summed E-state index contributed by atoms with van der Waals surface area (Å²) < 4.78 is 4.73. The van der Waals surface area contributed by atoms with Gasteiger partial charge in [0.25, 0.3) is 0 Å². The van der Waals surface area contributed by atoms with Gasteiger partial charge in [-0.15, -0.1) is 0 Å². The van der Waals surface area contributed by atoms with Crippen LogP contribution >= 0.6 is 0 Å². The molecule has 4 N–H and O–H groups in total. The summed E-state index contributed by atoms with van der Waals surface area (Å²) in [6, 6.07) is 8.32. The van der Waals surface area contributed by atoms with Crippen LogP contribution in [0.5, 0.6) is 23.0 Å². The van der Waals surface area contributed by atoms with Crippen molar-refractivity contribution in [2.24, 2.45) is 5.41 Å². The van der Waals surface area contributed by atoms with Gasteiger partial charge in [-0.1, -0.05) is 12.1 Å². The van der Waals surface area contributed by atoms with E-state index in [2.05, 4.69) is 0 Å². The van der Waals surface area contributed by atoms with Crippen molar-refractivity contribution in [2.75, 3.05) is 0 Å². The first-order valence-corrected chi connectivity index (χ1v) is 7.56. The zero-order chi connectivity index (χ0) is 18.2. The van der Waals surface area contributed by atoms with Gasteiger partial charge in [-0.2, -0.15) is 0 Å². The number of phenols is 4. The molecule has 0 unspecified atom stereocenters. The average molecular weight is 344 g/mol. The summed E-state index contributed by atoms with van der Waals surface area (Å²) in [5.74, 6) is -2.55. The molecule has 0 spiro atoms. The van der Waals surface area contributed by atoms with Crippen molar-refractivity contribution >= 4 is 11.9 Å². The van der Waals surface area contributed by atoms with Gasteiger partial charge in [0.1, 0.15) is 0 Å². The molecule has 1 heterocycles. The minimum absolute atomic E-state index is 0.104. The fourth-order valence-corrected chi connectivity index (χ4v) is 3.07. The Labute approximate surface area is 142 Å². The van der Waals surface area contributed by atoms with Crippen molar-refractivity contribution in [3.05, 3.63) is 47.5 Å². The molecule has 0 aromatic heterocycles. The van der Waals surface area contributed by atoms with Crippen LogP contribution in [0, 0.1) is 5.41 Å². The van der Waals surface area contributed by atoms with Crippen molar-refractivity contribution in [1.29, 1.82) is 0 Å². The molecule has 0 aliphatic carbocycles. The summed E-state index contributed by atoms with van der Waals surface area (Å²) in [7, 11) is 0. The molecule has 3 rings (SSSR count). The summed E-state index contributed by atoms with van der Waals surface area (Å²) in [5, 5.41) is 38.1. The van der Waals surface area contributed by atoms with Gasteiger partial charge in [0.15, 0.2) is 23.0 Å². The zero-order valence-electron chi connectivity index (χ0n) is 13.1. The first-order chi connectivity index (χ1) is 11.8. The van der Waals surface area contributed by atoms with E-state index in [4.69, 9.17) is 4.74 Å². The van der Waals surface area contributed by atoms with Gasteiger partial charge in [0.05, 0.1) is 11.8 Å². The Bertz CT molecular complexity index is 803. The number of cyclic esters (lactones) is 2. The molecule has 0 amide bonds. The molecule has 130 valence electrons. The molecule has 7 heteroatoms. The van der Waals surface area contributed by atoms with Gasteiger partial charge >= 0.3 is 11.9 Å². The maximum absolute atomic E-state index is 12.4. The van der Waals surface area contributed by atoms with E-state index in [1.165, 1.54) is 24.3 Å². The minimum atomic E-state index is -1.19. The number of carbonyl (C=O) groups is 2. The Morgan fingerprint density at radius 1 is 0.800 bits per heavy atom. The second-order valence-electron chi connectivity index (χ2n) is 6.22. The summed E-state index contributed by atoms with van der Waals surface area (Å²) in [6.07, 6.45) is 0.0647. The first kappa shape index (κ1) is 16.6. The van der Waals surface area contributed by atoms with Crippen molar-refractivity contribution in [2.45, 2.75) is 19.3 Å². The maximum Gasteiger partial charge on any atom is 0.320 e. The smallest absolute Gasteiger partial charge is 0.320 e. The highest BCUT2D eigenvalue weighted by molar-refractivity contribution is 5.97. The molecule has 1 saturated heterocycles. The van der Waals surface area contributed by atoms with Crippen LogP contribution < -0.4 is 0 Å². The lowest BCUT2D eigenvalue weighted by molar-refractivity contribution is -0.155. The number of phenolic OH excluding ortho intramolecular Hbond substituents is 4. The molecular formula is C18H16O7. The van der Waals surface area contributed by atoms with Crippen LogP contribution in [0.3, 0.4) is 0 Å². The van der Waals surface area contributed by atoms with E-state index in [0.717, 1.165) is 0 Å². The fourth-order valence-electron chi connectivity index (χ4n) is 3.07. The molecule has 0 bridgehead atoms. The highest BCUT2D eigenvalue weighted by Gasteiger charge is 2.49. The third-order valence-electron chi connectivity index (χ3n) is 4.29. The molecule has 1 fully saturated rings. The van der Waals surface area contributed by atoms with Crippen LogP contribution in [-0.2, 0) is 27.2 Å². The van der Waals surface area contributed by atoms with E-state index in [1.54, 1.807) is 12.1 Å². The molecule has 2 aromatic rings. The van der Waals surface area contributed by atoms with Crippen molar-refractivity contribution in [3.63, 3.8) is 0 Å². The third-order valence-corrected chi connectivity index (χ3v) is 4.29. The van der Waals surface area contributed by atoms with Gasteiger partial charge < -0.3 is 25.2 Å². The lowest BCUT2D eigenvalue weighted by Crippen LogP contribution is -2.31. The molecular weight excluding hydrogens is 328 g/mol. The Morgan fingerprint density at radius 2 is 1.28 bits per heavy atom. The summed E-state index contributed by atoms with van der Waals surface area (Å²) >= 11 is 0. The lowest BCUT2D eigenvalue weighted by Gasteiger charge is -2.24. The molecule has 7 nitrogen and oxygen atoms in total. The van der Waals surface area contributed by atoms with Crippen molar-refractivity contribution in [1.82, 2.24) is 0 Å². The van der Waals surface area contributed by atoms with Crippen molar-refractivity contribution in [3.8, 4) is 23.0 Å². The van der Waals surface area contributed by atoms with Crippen molar-refractivity contribution < 1.29 is 34.8 Å². The monoisotopic (exact) mass is 344 g/mol. The first-order valence-electron chi connectivity index (χ1n) is 7.56. The Balaban J connectivity index is 1.95. The third kappa shape index (κ3) is 3.21. The number of carbonyl (C=O) groups excluding carboxylic acids is 2. The minimum Gasteiger partial charge on any atom is -0.504 e. The summed E-state index contributed by atoms with van der Waals surface area (Å²) in [6.45, 7) is 0. The summed E-state index contributed by atoms with van der Waals surface area (Å²) in [4.78, 5) is 24.0. The molecule has 0 radical (unpaired) electrons. The zero-order valence-corrected chi connectivity index (χ0v) is 13.1. The van der Waals surface area contributed by atoms with Crippen LogP contribution in [0.25, 0.3) is 0 Å². The molecule has 0 saturated carbocycles. The summed E-state index contributed by atoms with van der Waals surface area (Å²) in [5.41, 5.74) is -0.0981. The normalized spacial score (nSPS) is 16.0. The number of hydrogen-bond acceptors (Lipinski definition) is 7. The SMILES string of the molecule is O=C1CC(Cc2ccc(O)c(O)c2)(Cc2ccc(O)c(O)c2)C(=O)O1. The number of esters is 2. The van der Waals surface area contributed by atoms with E-state index < -0.39 is 17.4 Å². The van der Waals surface area contributed by atoms with Crippen LogP contribution in [0.15, 0.2) is 36.4 Å². The molecule has 2 aromatic carbocycles. The fraction of sp³-hybridized carbons (Fsp3) is 0.222. The van der Waals surface area contributed by atoms with Crippen LogP contribution in [0.4, 0.5) is 0 Å². The number of benzene rings is 2. The molecule has 25 heavy (non-hydrogen) atoms. The van der Waals surface area contributed by atoms with Gasteiger partial charge in [0, 0.05) is 0 Å². The van der Waals surface area contributed by atoms with E-state index >= 15 is 0 Å². The lowest BCUT2D eigenvalue weighted by atomic mass is 9.75. The van der Waals surface area contributed by atoms with Gasteiger partial charge in [-0.05, 0) is 48.2 Å². The second-order valence-corrected chi connectivity index (χ2v) is 6.22. The van der Waals surface area contributed by atoms with Gasteiger partial charge in [-0.3, -0.25) is 9.59 Å². The van der Waals surface area contributed by atoms with Crippen LogP contribution in [0.2, 0.25) is 0 Å². The van der Waals surface area contributed by atoms with E-state index in [1.807, 2.05) is 0 Å². The van der Waals surface area contributed by atoms with Crippen LogP contribution in [-0.4, -0.2) is 32.4 Å². The van der Waals surface area contributed by atoms with Gasteiger partial charge in [-0.25, -0.2) is 0 Å². The quantitative estimate of drug-likeness (QED) is 0.378. The van der Waals surface area contributed by atoms with E-state index in [9.17, 15) is 30.0 Å². The highest BCUT2D eigenvalue weighted by Crippen LogP contribution is 2.40. The number of rotatable bonds is 4.